The molecule has 0 spiro atoms. The van der Waals surface area contributed by atoms with E-state index in [0.29, 0.717) is 29.5 Å². The summed E-state index contributed by atoms with van der Waals surface area (Å²) in [5, 5.41) is 4.77. The van der Waals surface area contributed by atoms with Crippen molar-refractivity contribution in [2.24, 2.45) is 5.92 Å². The Morgan fingerprint density at radius 2 is 1.88 bits per heavy atom. The van der Waals surface area contributed by atoms with Crippen LogP contribution in [-0.4, -0.2) is 42.8 Å². The van der Waals surface area contributed by atoms with Gasteiger partial charge in [0.05, 0.1) is 29.1 Å². The molecule has 0 bridgehead atoms. The Morgan fingerprint density at radius 1 is 1.20 bits per heavy atom. The van der Waals surface area contributed by atoms with Crippen molar-refractivity contribution in [3.8, 4) is 5.69 Å². The SMILES string of the molecule is CC1CN(c2cnn(-c3ccc(Cl)cc3)c(=O)c2Cl)CCS(=O)(=O)C1. The maximum atomic E-state index is 12.6. The lowest BCUT2D eigenvalue weighted by atomic mass is 10.2. The molecule has 25 heavy (non-hydrogen) atoms. The average molecular weight is 402 g/mol. The summed E-state index contributed by atoms with van der Waals surface area (Å²) >= 11 is 12.2. The first-order valence-electron chi connectivity index (χ1n) is 7.76. The van der Waals surface area contributed by atoms with Crippen LogP contribution < -0.4 is 10.5 Å². The van der Waals surface area contributed by atoms with Gasteiger partial charge in [-0.2, -0.15) is 9.78 Å². The quantitative estimate of drug-likeness (QED) is 0.772. The second-order valence-corrected chi connectivity index (χ2v) is 9.25. The normalized spacial score (nSPS) is 20.3. The third-order valence-corrected chi connectivity index (χ3v) is 6.54. The maximum absolute atomic E-state index is 12.6. The van der Waals surface area contributed by atoms with Gasteiger partial charge in [0.15, 0.2) is 9.84 Å². The van der Waals surface area contributed by atoms with E-state index in [2.05, 4.69) is 5.10 Å². The second-order valence-electron chi connectivity index (χ2n) is 6.20. The molecule has 1 aliphatic rings. The van der Waals surface area contributed by atoms with Crippen LogP contribution >= 0.6 is 23.2 Å². The predicted molar refractivity (Wildman–Crippen MR) is 99.9 cm³/mol. The topological polar surface area (TPSA) is 72.3 Å². The molecule has 2 heterocycles. The molecule has 2 aromatic rings. The molecule has 1 aliphatic heterocycles. The van der Waals surface area contributed by atoms with Gasteiger partial charge in [-0.3, -0.25) is 4.79 Å². The minimum absolute atomic E-state index is 0.0245. The number of nitrogens with zero attached hydrogens (tertiary/aromatic N) is 3. The van der Waals surface area contributed by atoms with E-state index in [-0.39, 0.29) is 22.4 Å². The summed E-state index contributed by atoms with van der Waals surface area (Å²) in [6.07, 6.45) is 1.50. The average Bonchev–Trinajstić information content (AvgIpc) is 2.68. The molecule has 1 unspecified atom stereocenters. The highest BCUT2D eigenvalue weighted by atomic mass is 35.5. The summed E-state index contributed by atoms with van der Waals surface area (Å²) in [6, 6.07) is 6.67. The molecule has 1 aromatic carbocycles. The van der Waals surface area contributed by atoms with Gasteiger partial charge in [0.1, 0.15) is 5.02 Å². The number of aromatic nitrogens is 2. The smallest absolute Gasteiger partial charge is 0.292 e. The molecule has 9 heteroatoms. The van der Waals surface area contributed by atoms with E-state index < -0.39 is 15.4 Å². The summed E-state index contributed by atoms with van der Waals surface area (Å²) in [4.78, 5) is 14.4. The van der Waals surface area contributed by atoms with E-state index in [1.165, 1.54) is 10.9 Å². The first-order chi connectivity index (χ1) is 11.8. The van der Waals surface area contributed by atoms with Crippen LogP contribution in [0.1, 0.15) is 6.92 Å². The molecule has 0 amide bonds. The largest absolute Gasteiger partial charge is 0.368 e. The van der Waals surface area contributed by atoms with Crippen LogP contribution in [0.2, 0.25) is 10.0 Å². The van der Waals surface area contributed by atoms with E-state index in [1.807, 2.05) is 11.8 Å². The third-order valence-electron chi connectivity index (χ3n) is 4.06. The van der Waals surface area contributed by atoms with Crippen molar-refractivity contribution < 1.29 is 8.42 Å². The fraction of sp³-hybridized carbons (Fsp3) is 0.375. The monoisotopic (exact) mass is 401 g/mol. The second kappa shape index (κ2) is 6.97. The molecule has 1 saturated heterocycles. The lowest BCUT2D eigenvalue weighted by Crippen LogP contribution is -2.32. The summed E-state index contributed by atoms with van der Waals surface area (Å²) in [6.45, 7) is 2.66. The molecule has 3 rings (SSSR count). The summed E-state index contributed by atoms with van der Waals surface area (Å²) < 4.78 is 25.0. The molecule has 1 fully saturated rings. The van der Waals surface area contributed by atoms with E-state index in [4.69, 9.17) is 23.2 Å². The highest BCUT2D eigenvalue weighted by Crippen LogP contribution is 2.25. The van der Waals surface area contributed by atoms with Gasteiger partial charge in [0.25, 0.3) is 5.56 Å². The van der Waals surface area contributed by atoms with Crippen LogP contribution in [0.5, 0.6) is 0 Å². The molecule has 0 radical (unpaired) electrons. The highest BCUT2D eigenvalue weighted by Gasteiger charge is 2.26. The molecular weight excluding hydrogens is 385 g/mol. The Hall–Kier alpha value is -1.57. The Morgan fingerprint density at radius 3 is 2.56 bits per heavy atom. The molecule has 134 valence electrons. The van der Waals surface area contributed by atoms with Crippen LogP contribution in [-0.2, 0) is 9.84 Å². The molecule has 0 N–H and O–H groups in total. The Bertz CT molecular complexity index is 942. The van der Waals surface area contributed by atoms with E-state index in [1.54, 1.807) is 24.3 Å². The van der Waals surface area contributed by atoms with Gasteiger partial charge >= 0.3 is 0 Å². The highest BCUT2D eigenvalue weighted by molar-refractivity contribution is 7.91. The number of hydrogen-bond donors (Lipinski definition) is 0. The minimum atomic E-state index is -3.09. The van der Waals surface area contributed by atoms with Crippen molar-refractivity contribution in [2.45, 2.75) is 6.92 Å². The molecule has 1 atom stereocenters. The first kappa shape index (κ1) is 18.2. The van der Waals surface area contributed by atoms with Crippen molar-refractivity contribution in [3.63, 3.8) is 0 Å². The van der Waals surface area contributed by atoms with Gasteiger partial charge < -0.3 is 4.90 Å². The lowest BCUT2D eigenvalue weighted by molar-refractivity contribution is 0.581. The molecular formula is C16H17Cl2N3O3S. The van der Waals surface area contributed by atoms with Crippen molar-refractivity contribution in [1.29, 1.82) is 0 Å². The van der Waals surface area contributed by atoms with Crippen molar-refractivity contribution in [1.82, 2.24) is 9.78 Å². The molecule has 6 nitrogen and oxygen atoms in total. The van der Waals surface area contributed by atoms with E-state index in [9.17, 15) is 13.2 Å². The van der Waals surface area contributed by atoms with Crippen molar-refractivity contribution >= 4 is 38.7 Å². The van der Waals surface area contributed by atoms with Gasteiger partial charge in [-0.1, -0.05) is 30.1 Å². The minimum Gasteiger partial charge on any atom is -0.368 e. The zero-order chi connectivity index (χ0) is 18.2. The van der Waals surface area contributed by atoms with E-state index >= 15 is 0 Å². The molecule has 1 aromatic heterocycles. The Kier molecular flexibility index (Phi) is 5.09. The van der Waals surface area contributed by atoms with Crippen LogP contribution in [0, 0.1) is 5.92 Å². The number of sulfone groups is 1. The fourth-order valence-corrected chi connectivity index (χ4v) is 4.93. The summed E-state index contributed by atoms with van der Waals surface area (Å²) in [5.74, 6) is 0.117. The number of benzene rings is 1. The van der Waals surface area contributed by atoms with E-state index in [0.717, 1.165) is 0 Å². The summed E-state index contributed by atoms with van der Waals surface area (Å²) in [5.41, 5.74) is 0.553. The van der Waals surface area contributed by atoms with Gasteiger partial charge in [0, 0.05) is 18.1 Å². The number of rotatable bonds is 2. The predicted octanol–water partition coefficient (Wildman–Crippen LogP) is 2.41. The number of hydrogen-bond acceptors (Lipinski definition) is 5. The van der Waals surface area contributed by atoms with Crippen LogP contribution in [0.4, 0.5) is 5.69 Å². The zero-order valence-corrected chi connectivity index (χ0v) is 15.9. The van der Waals surface area contributed by atoms with Crippen LogP contribution in [0.15, 0.2) is 35.3 Å². The van der Waals surface area contributed by atoms with Crippen molar-refractivity contribution in [2.75, 3.05) is 29.5 Å². The molecule has 0 saturated carbocycles. The summed E-state index contributed by atoms with van der Waals surface area (Å²) in [7, 11) is -3.09. The first-order valence-corrected chi connectivity index (χ1v) is 10.3. The third kappa shape index (κ3) is 3.99. The number of halogens is 2. The zero-order valence-electron chi connectivity index (χ0n) is 13.5. The van der Waals surface area contributed by atoms with Gasteiger partial charge in [-0.15, -0.1) is 0 Å². The lowest BCUT2D eigenvalue weighted by Gasteiger charge is -2.24. The Labute approximate surface area is 155 Å². The Balaban J connectivity index is 1.98. The number of anilines is 1. The van der Waals surface area contributed by atoms with Gasteiger partial charge in [-0.05, 0) is 30.2 Å². The fourth-order valence-electron chi connectivity index (χ4n) is 2.92. The van der Waals surface area contributed by atoms with Crippen LogP contribution in [0.3, 0.4) is 0 Å². The molecule has 0 aliphatic carbocycles. The van der Waals surface area contributed by atoms with Gasteiger partial charge in [-0.25, -0.2) is 8.42 Å². The standard InChI is InChI=1S/C16H17Cl2N3O3S/c1-11-9-20(6-7-25(23,24)10-11)14-8-19-21(16(22)15(14)18)13-4-2-12(17)3-5-13/h2-5,8,11H,6-7,9-10H2,1H3. The maximum Gasteiger partial charge on any atom is 0.292 e. The van der Waals surface area contributed by atoms with Gasteiger partial charge in [0.2, 0.25) is 0 Å². The van der Waals surface area contributed by atoms with Crippen LogP contribution in [0.25, 0.3) is 5.69 Å². The van der Waals surface area contributed by atoms with Crippen molar-refractivity contribution in [3.05, 3.63) is 50.9 Å².